The lowest BCUT2D eigenvalue weighted by atomic mass is 9.91. The monoisotopic (exact) mass is 583 g/mol. The SMILES string of the molecule is Cc1c(F)cccc1CCCCOc1ccc(C=Cc2cccc3c(CC4(CC(=O)O)CC4)c(C)n(CC(=O)O)c23)cc1. The fourth-order valence-electron chi connectivity index (χ4n) is 6.00. The first-order valence-corrected chi connectivity index (χ1v) is 14.8. The predicted molar refractivity (Wildman–Crippen MR) is 167 cm³/mol. The van der Waals surface area contributed by atoms with Crippen molar-refractivity contribution in [3.63, 3.8) is 0 Å². The molecule has 1 aliphatic rings. The molecule has 0 aliphatic heterocycles. The lowest BCUT2D eigenvalue weighted by Gasteiger charge is -2.13. The molecule has 0 radical (unpaired) electrons. The number of aromatic nitrogens is 1. The highest BCUT2D eigenvalue weighted by Crippen LogP contribution is 2.52. The lowest BCUT2D eigenvalue weighted by Crippen LogP contribution is -2.13. The van der Waals surface area contributed by atoms with Crippen LogP contribution in [-0.2, 0) is 29.0 Å². The minimum absolute atomic E-state index is 0.131. The van der Waals surface area contributed by atoms with Gasteiger partial charge in [0, 0.05) is 11.1 Å². The molecule has 3 aromatic carbocycles. The lowest BCUT2D eigenvalue weighted by molar-refractivity contribution is -0.139. The predicted octanol–water partition coefficient (Wildman–Crippen LogP) is 7.85. The molecule has 6 nitrogen and oxygen atoms in total. The second kappa shape index (κ2) is 12.9. The van der Waals surface area contributed by atoms with Crippen LogP contribution in [0.5, 0.6) is 5.75 Å². The van der Waals surface area contributed by atoms with Gasteiger partial charge in [0.2, 0.25) is 0 Å². The number of fused-ring (bicyclic) bond motifs is 1. The van der Waals surface area contributed by atoms with Crippen LogP contribution >= 0.6 is 0 Å². The van der Waals surface area contributed by atoms with E-state index in [0.717, 1.165) is 82.3 Å². The van der Waals surface area contributed by atoms with Gasteiger partial charge in [0.15, 0.2) is 0 Å². The molecule has 224 valence electrons. The summed E-state index contributed by atoms with van der Waals surface area (Å²) in [5, 5.41) is 20.1. The summed E-state index contributed by atoms with van der Waals surface area (Å²) in [7, 11) is 0. The van der Waals surface area contributed by atoms with Crippen LogP contribution in [0.25, 0.3) is 23.1 Å². The maximum atomic E-state index is 13.7. The van der Waals surface area contributed by atoms with Crippen molar-refractivity contribution < 1.29 is 28.9 Å². The molecule has 2 N–H and O–H groups in total. The molecule has 0 atom stereocenters. The number of carboxylic acids is 2. The third-order valence-corrected chi connectivity index (χ3v) is 8.66. The molecular formula is C36H38FNO5. The van der Waals surface area contributed by atoms with Gasteiger partial charge in [0.25, 0.3) is 0 Å². The Labute approximate surface area is 251 Å². The summed E-state index contributed by atoms with van der Waals surface area (Å²) in [6.07, 6.45) is 9.12. The number of para-hydroxylation sites is 1. The van der Waals surface area contributed by atoms with E-state index < -0.39 is 11.9 Å². The van der Waals surface area contributed by atoms with Gasteiger partial charge in [-0.15, -0.1) is 0 Å². The van der Waals surface area contributed by atoms with E-state index in [9.17, 15) is 24.2 Å². The van der Waals surface area contributed by atoms with E-state index in [1.165, 1.54) is 6.07 Å². The van der Waals surface area contributed by atoms with Crippen LogP contribution in [0.15, 0.2) is 60.7 Å². The standard InChI is InChI=1S/C36H38FNO5/c1-24-27(8-6-11-32(24)37)7-3-4-20-43-29-16-13-26(14-17-29)12-15-28-9-5-10-30-31(21-36(18-19-36)22-33(39)40)25(2)38(35(28)30)23-34(41)42/h5-6,8-17H,3-4,7,18-23H2,1-2H3,(H,39,40)(H,41,42). The molecule has 0 saturated heterocycles. The molecule has 1 aromatic heterocycles. The van der Waals surface area contributed by atoms with Gasteiger partial charge in [0.05, 0.1) is 18.5 Å². The first-order valence-electron chi connectivity index (χ1n) is 14.8. The van der Waals surface area contributed by atoms with E-state index >= 15 is 0 Å². The quantitative estimate of drug-likeness (QED) is 0.117. The maximum Gasteiger partial charge on any atom is 0.323 e. The summed E-state index contributed by atoms with van der Waals surface area (Å²) in [4.78, 5) is 23.3. The summed E-state index contributed by atoms with van der Waals surface area (Å²) in [5.41, 5.74) is 6.18. The van der Waals surface area contributed by atoms with E-state index in [1.807, 2.05) is 79.1 Å². The molecule has 43 heavy (non-hydrogen) atoms. The average Bonchev–Trinajstić information content (AvgIpc) is 3.68. The zero-order chi connectivity index (χ0) is 30.6. The largest absolute Gasteiger partial charge is 0.494 e. The van der Waals surface area contributed by atoms with Gasteiger partial charge in [-0.3, -0.25) is 9.59 Å². The van der Waals surface area contributed by atoms with Crippen molar-refractivity contribution in [2.75, 3.05) is 6.61 Å². The summed E-state index contributed by atoms with van der Waals surface area (Å²) in [5.74, 6) is -1.09. The first-order chi connectivity index (χ1) is 20.7. The molecule has 1 saturated carbocycles. The minimum atomic E-state index is -0.920. The molecule has 1 heterocycles. The third-order valence-electron chi connectivity index (χ3n) is 8.66. The highest BCUT2D eigenvalue weighted by Gasteiger charge is 2.45. The molecule has 1 aliphatic carbocycles. The highest BCUT2D eigenvalue weighted by atomic mass is 19.1. The van der Waals surface area contributed by atoms with Crippen LogP contribution in [0.3, 0.4) is 0 Å². The molecule has 5 rings (SSSR count). The van der Waals surface area contributed by atoms with Gasteiger partial charge in [-0.1, -0.05) is 54.6 Å². The molecule has 0 amide bonds. The zero-order valence-electron chi connectivity index (χ0n) is 24.7. The molecule has 1 fully saturated rings. The molecule has 0 unspecified atom stereocenters. The number of carboxylic acid groups (broad SMARTS) is 2. The number of unbranched alkanes of at least 4 members (excludes halogenated alkanes) is 1. The van der Waals surface area contributed by atoms with Crippen molar-refractivity contribution in [3.05, 3.63) is 100.0 Å². The van der Waals surface area contributed by atoms with Crippen molar-refractivity contribution in [2.45, 2.75) is 65.3 Å². The Morgan fingerprint density at radius 2 is 1.70 bits per heavy atom. The van der Waals surface area contributed by atoms with E-state index in [4.69, 9.17) is 4.74 Å². The maximum absolute atomic E-state index is 13.7. The molecule has 0 bridgehead atoms. The van der Waals surface area contributed by atoms with Crippen LogP contribution in [-0.4, -0.2) is 33.3 Å². The number of nitrogens with zero attached hydrogens (tertiary/aromatic N) is 1. The van der Waals surface area contributed by atoms with Crippen molar-refractivity contribution in [1.82, 2.24) is 4.57 Å². The molecule has 4 aromatic rings. The van der Waals surface area contributed by atoms with Gasteiger partial charge in [-0.2, -0.15) is 0 Å². The Morgan fingerprint density at radius 1 is 0.953 bits per heavy atom. The summed E-state index contributed by atoms with van der Waals surface area (Å²) < 4.78 is 21.5. The van der Waals surface area contributed by atoms with Crippen molar-refractivity contribution in [1.29, 1.82) is 0 Å². The van der Waals surface area contributed by atoms with Crippen LogP contribution in [0.1, 0.15) is 65.6 Å². The van der Waals surface area contributed by atoms with Gasteiger partial charge >= 0.3 is 11.9 Å². The molecular weight excluding hydrogens is 545 g/mol. The second-order valence-electron chi connectivity index (χ2n) is 11.8. The van der Waals surface area contributed by atoms with Crippen molar-refractivity contribution in [3.8, 4) is 5.75 Å². The Morgan fingerprint density at radius 3 is 2.40 bits per heavy atom. The van der Waals surface area contributed by atoms with Crippen LogP contribution in [0, 0.1) is 25.1 Å². The van der Waals surface area contributed by atoms with Gasteiger partial charge in [-0.05, 0) is 104 Å². The van der Waals surface area contributed by atoms with Crippen LogP contribution in [0.2, 0.25) is 0 Å². The smallest absolute Gasteiger partial charge is 0.323 e. The number of ether oxygens (including phenoxy) is 1. The van der Waals surface area contributed by atoms with Crippen LogP contribution < -0.4 is 4.74 Å². The number of carbonyl (C=O) groups is 2. The van der Waals surface area contributed by atoms with Crippen LogP contribution in [0.4, 0.5) is 4.39 Å². The Balaban J connectivity index is 1.26. The summed E-state index contributed by atoms with van der Waals surface area (Å²) in [6, 6.07) is 19.0. The molecule has 0 spiro atoms. The summed E-state index contributed by atoms with van der Waals surface area (Å²) >= 11 is 0. The number of aryl methyl sites for hydroxylation is 1. The Hall–Kier alpha value is -4.39. The number of benzene rings is 3. The average molecular weight is 584 g/mol. The topological polar surface area (TPSA) is 88.8 Å². The van der Waals surface area contributed by atoms with Gasteiger partial charge < -0.3 is 19.5 Å². The minimum Gasteiger partial charge on any atom is -0.494 e. The number of hydrogen-bond donors (Lipinski definition) is 2. The number of rotatable bonds is 14. The number of halogens is 1. The normalized spacial score (nSPS) is 13.9. The Bertz CT molecular complexity index is 1660. The fraction of sp³-hybridized carbons (Fsp3) is 0.333. The fourth-order valence-corrected chi connectivity index (χ4v) is 6.00. The summed E-state index contributed by atoms with van der Waals surface area (Å²) in [6.45, 7) is 4.18. The molecule has 7 heteroatoms. The van der Waals surface area contributed by atoms with Crippen molar-refractivity contribution >= 4 is 35.0 Å². The first kappa shape index (κ1) is 30.1. The third kappa shape index (κ3) is 7.16. The number of hydrogen-bond acceptors (Lipinski definition) is 3. The zero-order valence-corrected chi connectivity index (χ0v) is 24.7. The van der Waals surface area contributed by atoms with E-state index in [-0.39, 0.29) is 24.2 Å². The van der Waals surface area contributed by atoms with E-state index in [0.29, 0.717) is 13.0 Å². The van der Waals surface area contributed by atoms with Crippen molar-refractivity contribution in [2.24, 2.45) is 5.41 Å². The van der Waals surface area contributed by atoms with E-state index in [1.54, 1.807) is 6.07 Å². The second-order valence-corrected chi connectivity index (χ2v) is 11.8. The van der Waals surface area contributed by atoms with E-state index in [2.05, 4.69) is 0 Å². The van der Waals surface area contributed by atoms with Gasteiger partial charge in [-0.25, -0.2) is 4.39 Å². The Kier molecular flexibility index (Phi) is 9.00. The highest BCUT2D eigenvalue weighted by molar-refractivity contribution is 5.95. The number of aliphatic carboxylic acids is 2. The van der Waals surface area contributed by atoms with Gasteiger partial charge in [0.1, 0.15) is 18.1 Å².